The van der Waals surface area contributed by atoms with E-state index in [9.17, 15) is 90.9 Å². The number of hydrogen-bond donors (Lipinski definition) is 13. The molecule has 79 heavy (non-hydrogen) atoms. The summed E-state index contributed by atoms with van der Waals surface area (Å²) in [6.45, 7) is 0.749. The minimum Gasteiger partial charge on any atom is -0.507 e. The number of phosphoric ester groups is 3. The summed E-state index contributed by atoms with van der Waals surface area (Å²) in [5, 5.41) is 47.2. The van der Waals surface area contributed by atoms with Crippen LogP contribution in [-0.2, 0) is 72.1 Å². The number of aromatic carboxylic acids is 1. The normalized spacial score (nSPS) is 19.2. The molecule has 1 aliphatic heterocycles. The zero-order valence-electron chi connectivity index (χ0n) is 41.5. The number of fused-ring (bicyclic) bond motifs is 1. The molecule has 1 saturated heterocycles. The van der Waals surface area contributed by atoms with Gasteiger partial charge in [0.1, 0.15) is 47.6 Å². The number of sulfonamides is 1. The number of ketones is 1. The molecule has 0 radical (unpaired) electrons. The average molecular weight is 1210 g/mol. The Bertz CT molecular complexity index is 3180. The molecule has 4 aromatic rings. The first-order valence-electron chi connectivity index (χ1n) is 22.7. The molecule has 3 amide bonds. The summed E-state index contributed by atoms with van der Waals surface area (Å²) in [5.41, 5.74) is 3.95. The van der Waals surface area contributed by atoms with Crippen LogP contribution in [0.25, 0.3) is 11.2 Å². The third kappa shape index (κ3) is 18.4. The maximum atomic E-state index is 12.9. The molecule has 0 saturated carbocycles. The highest BCUT2D eigenvalue weighted by atomic mass is 32.2. The summed E-state index contributed by atoms with van der Waals surface area (Å²) in [4.78, 5) is 125. The van der Waals surface area contributed by atoms with Crippen molar-refractivity contribution in [3.63, 3.8) is 0 Å². The van der Waals surface area contributed by atoms with Crippen molar-refractivity contribution >= 4 is 96.8 Å². The number of imidazole rings is 1. The molecule has 0 aliphatic carbocycles. The van der Waals surface area contributed by atoms with Crippen molar-refractivity contribution < 1.29 is 113 Å². The number of aliphatic hydroxyl groups excluding tert-OH is 2. The number of ether oxygens (including phenoxy) is 1. The standard InChI is InChI=1S/C41H54N9O24P3S2/c1-21(51)26(49-37(57)23-6-4-22(5-7-23)16-48-79(68,69)24-8-9-27(52)25(14-24)40(59)60)15-30(54)78-13-12-43-29(53)10-11-44-38(58)34(56)41(2,3)18-71-77(66,67)74-76(64,65)70-17-28-33(73-75(61,62)63)32(55)39(72-28)50-20-47-31-35(42)45-19-46-36(31)50/h4-9,14,19-20,26,28,32-34,39,48,52,55-56H,10-13,15-18H2,1-3H3,(H,43,53)(H,44,58)(H,49,57)(H,59,60)(H,64,65)(H,66,67)(H2,42,45,46)(H2,61,62,63). The zero-order chi connectivity index (χ0) is 58.8. The number of carboxylic acids is 1. The molecule has 5 rings (SSSR count). The summed E-state index contributed by atoms with van der Waals surface area (Å²) in [7, 11) is -20.8. The number of phosphoric acid groups is 3. The van der Waals surface area contributed by atoms with Crippen molar-refractivity contribution in [3.8, 4) is 5.75 Å². The van der Waals surface area contributed by atoms with Gasteiger partial charge in [0.15, 0.2) is 28.6 Å². The van der Waals surface area contributed by atoms with Crippen LogP contribution in [0.5, 0.6) is 5.75 Å². The SMILES string of the molecule is CC(=O)C(CC(=O)SCCNC(=O)CCNC(=O)C(O)C(C)(C)COP(=O)(O)OP(=O)(O)OCC1OC(n2cnc3c(N)ncnc32)C(O)C1OP(=O)(O)O)NC(=O)c1ccc(CNS(=O)(=O)c2ccc(O)c(C(=O)O)c2)cc1. The number of thioether (sulfide) groups is 1. The highest BCUT2D eigenvalue weighted by Crippen LogP contribution is 2.61. The van der Waals surface area contributed by atoms with Crippen LogP contribution in [0.2, 0.25) is 0 Å². The Balaban J connectivity index is 0.990. The Hall–Kier alpha value is -5.68. The molecule has 1 fully saturated rings. The number of carboxylic acid groups (broad SMARTS) is 1. The Labute approximate surface area is 451 Å². The van der Waals surface area contributed by atoms with E-state index in [1.807, 2.05) is 0 Å². The van der Waals surface area contributed by atoms with Gasteiger partial charge in [-0.15, -0.1) is 0 Å². The van der Waals surface area contributed by atoms with Gasteiger partial charge in [0.2, 0.25) is 21.8 Å². The predicted octanol–water partition coefficient (Wildman–Crippen LogP) is -0.675. The number of rotatable bonds is 29. The molecule has 0 bridgehead atoms. The highest BCUT2D eigenvalue weighted by Gasteiger charge is 2.50. The second-order valence-electron chi connectivity index (χ2n) is 17.6. The molecule has 3 heterocycles. The van der Waals surface area contributed by atoms with E-state index in [1.165, 1.54) is 38.1 Å². The van der Waals surface area contributed by atoms with Crippen LogP contribution in [0.3, 0.4) is 0 Å². The fourth-order valence-corrected chi connectivity index (χ4v) is 11.5. The molecule has 8 atom stereocenters. The van der Waals surface area contributed by atoms with Crippen molar-refractivity contribution in [1.29, 1.82) is 0 Å². The quantitative estimate of drug-likeness (QED) is 0.0237. The fourth-order valence-electron chi connectivity index (χ4n) is 6.95. The number of hydrogen-bond acceptors (Lipinski definition) is 24. The minimum absolute atomic E-state index is 0.00153. The van der Waals surface area contributed by atoms with Crippen LogP contribution < -0.4 is 26.4 Å². The second kappa shape index (κ2) is 26.7. The molecule has 434 valence electrons. The van der Waals surface area contributed by atoms with Gasteiger partial charge in [-0.1, -0.05) is 37.7 Å². The first-order valence-corrected chi connectivity index (χ1v) is 29.7. The summed E-state index contributed by atoms with van der Waals surface area (Å²) >= 11 is 0.748. The largest absolute Gasteiger partial charge is 0.507 e. The van der Waals surface area contributed by atoms with Gasteiger partial charge in [0.25, 0.3) is 5.91 Å². The van der Waals surface area contributed by atoms with Gasteiger partial charge in [-0.3, -0.25) is 42.1 Å². The molecule has 2 aromatic carbocycles. The highest BCUT2D eigenvalue weighted by molar-refractivity contribution is 8.13. The number of phenols is 1. The van der Waals surface area contributed by atoms with Gasteiger partial charge in [-0.25, -0.2) is 46.6 Å². The van der Waals surface area contributed by atoms with Crippen molar-refractivity contribution in [1.82, 2.24) is 40.2 Å². The van der Waals surface area contributed by atoms with Gasteiger partial charge in [-0.2, -0.15) is 4.31 Å². The number of Topliss-reactive ketones (excluding diaryl/α,β-unsaturated/α-hetero) is 1. The van der Waals surface area contributed by atoms with Crippen molar-refractivity contribution in [3.05, 3.63) is 71.8 Å². The van der Waals surface area contributed by atoms with E-state index in [0.717, 1.165) is 54.1 Å². The molecule has 14 N–H and O–H groups in total. The number of aliphatic hydroxyl groups is 2. The van der Waals surface area contributed by atoms with E-state index >= 15 is 0 Å². The molecule has 8 unspecified atom stereocenters. The number of nitrogens with zero attached hydrogens (tertiary/aromatic N) is 4. The lowest BCUT2D eigenvalue weighted by Gasteiger charge is -2.30. The second-order valence-corrected chi connectivity index (χ2v) is 24.8. The lowest BCUT2D eigenvalue weighted by molar-refractivity contribution is -0.137. The van der Waals surface area contributed by atoms with Crippen molar-refractivity contribution in [2.24, 2.45) is 5.41 Å². The lowest BCUT2D eigenvalue weighted by atomic mass is 9.87. The number of aromatic nitrogens is 4. The first-order chi connectivity index (χ1) is 36.7. The molecular weight excluding hydrogens is 1160 g/mol. The topological polar surface area (TPSA) is 513 Å². The summed E-state index contributed by atoms with van der Waals surface area (Å²) in [5.74, 6) is -5.14. The van der Waals surface area contributed by atoms with Crippen molar-refractivity contribution in [2.75, 3.05) is 37.8 Å². The number of carbonyl (C=O) groups is 6. The number of aromatic hydroxyl groups is 1. The molecule has 2 aromatic heterocycles. The van der Waals surface area contributed by atoms with E-state index in [4.69, 9.17) is 19.5 Å². The van der Waals surface area contributed by atoms with Crippen LogP contribution >= 0.6 is 35.2 Å². The maximum absolute atomic E-state index is 12.9. The number of carbonyl (C=O) groups excluding carboxylic acids is 5. The molecule has 38 heteroatoms. The zero-order valence-corrected chi connectivity index (χ0v) is 45.8. The molecular formula is C41H54N9O24P3S2. The first kappa shape index (κ1) is 64.1. The van der Waals surface area contributed by atoms with Crippen LogP contribution in [0.15, 0.2) is 60.0 Å². The third-order valence-electron chi connectivity index (χ3n) is 11.1. The van der Waals surface area contributed by atoms with Crippen molar-refractivity contribution in [2.45, 2.75) is 81.7 Å². The molecule has 0 spiro atoms. The van der Waals surface area contributed by atoms with Gasteiger partial charge < -0.3 is 66.4 Å². The van der Waals surface area contributed by atoms with Crippen LogP contribution in [-0.4, -0.2) is 165 Å². The number of anilines is 1. The molecule has 33 nitrogen and oxygen atoms in total. The number of amides is 3. The number of nitrogens with one attached hydrogen (secondary N) is 4. The third-order valence-corrected chi connectivity index (χ3v) is 16.5. The van der Waals surface area contributed by atoms with E-state index < -0.39 is 146 Å². The monoisotopic (exact) mass is 1210 g/mol. The lowest BCUT2D eigenvalue weighted by Crippen LogP contribution is -2.46. The number of nitrogens with two attached hydrogens (primary N) is 1. The fraction of sp³-hybridized carbons (Fsp3) is 0.439. The number of benzene rings is 2. The Morgan fingerprint density at radius 2 is 1.62 bits per heavy atom. The van der Waals surface area contributed by atoms with Gasteiger partial charge >= 0.3 is 29.4 Å². The summed E-state index contributed by atoms with van der Waals surface area (Å²) in [6, 6.07) is 7.02. The average Bonchev–Trinajstić information content (AvgIpc) is 3.98. The minimum atomic E-state index is -5.65. The Morgan fingerprint density at radius 1 is 0.949 bits per heavy atom. The van der Waals surface area contributed by atoms with Crippen LogP contribution in [0, 0.1) is 5.41 Å². The summed E-state index contributed by atoms with van der Waals surface area (Å²) < 4.78 is 90.1. The maximum Gasteiger partial charge on any atom is 0.481 e. The Morgan fingerprint density at radius 3 is 2.27 bits per heavy atom. The van der Waals surface area contributed by atoms with Crippen LogP contribution in [0.1, 0.15) is 66.1 Å². The summed E-state index contributed by atoms with van der Waals surface area (Å²) in [6.07, 6.45) is -7.82. The van der Waals surface area contributed by atoms with E-state index in [0.29, 0.717) is 5.56 Å². The smallest absolute Gasteiger partial charge is 0.481 e. The predicted molar refractivity (Wildman–Crippen MR) is 269 cm³/mol. The Kier molecular flexibility index (Phi) is 21.7. The van der Waals surface area contributed by atoms with Gasteiger partial charge in [0, 0.05) is 49.2 Å². The van der Waals surface area contributed by atoms with E-state index in [1.54, 1.807) is 0 Å². The number of nitrogen functional groups attached to an aromatic ring is 1. The molecule has 1 aliphatic rings. The van der Waals surface area contributed by atoms with E-state index in [-0.39, 0.29) is 54.4 Å². The van der Waals surface area contributed by atoms with Crippen LogP contribution in [0.4, 0.5) is 5.82 Å². The van der Waals surface area contributed by atoms with Gasteiger partial charge in [0.05, 0.1) is 30.5 Å². The van der Waals surface area contributed by atoms with E-state index in [2.05, 4.69) is 44.5 Å². The van der Waals surface area contributed by atoms with Gasteiger partial charge in [-0.05, 0) is 42.8 Å².